The van der Waals surface area contributed by atoms with Crippen LogP contribution in [0.5, 0.6) is 0 Å². The summed E-state index contributed by atoms with van der Waals surface area (Å²) in [6.45, 7) is 5.95. The molecule has 0 amide bonds. The van der Waals surface area contributed by atoms with Crippen LogP contribution in [0, 0.1) is 5.41 Å². The summed E-state index contributed by atoms with van der Waals surface area (Å²) in [5.74, 6) is -0.267. The van der Waals surface area contributed by atoms with E-state index in [4.69, 9.17) is 4.84 Å². The van der Waals surface area contributed by atoms with Crippen LogP contribution in [-0.2, 0) is 4.79 Å². The Balaban J connectivity index is 2.43. The molecule has 1 rings (SSSR count). The van der Waals surface area contributed by atoms with Crippen LogP contribution < -0.4 is 4.84 Å². The first-order valence-electron chi connectivity index (χ1n) is 4.18. The van der Waals surface area contributed by atoms with Crippen molar-refractivity contribution in [3.05, 3.63) is 18.5 Å². The fourth-order valence-corrected chi connectivity index (χ4v) is 0.878. The van der Waals surface area contributed by atoms with Gasteiger partial charge in [-0.25, -0.2) is 4.79 Å². The molecular formula is C9H14N2O2. The minimum atomic E-state index is -0.267. The number of carbonyl (C=O) groups is 1. The zero-order valence-corrected chi connectivity index (χ0v) is 8.15. The number of nitrogens with zero attached hydrogens (tertiary/aromatic N) is 2. The number of carbonyl (C=O) groups excluding carboxylic acids is 1. The predicted molar refractivity (Wildman–Crippen MR) is 47.9 cm³/mol. The van der Waals surface area contributed by atoms with Gasteiger partial charge in [-0.05, 0) is 11.5 Å². The van der Waals surface area contributed by atoms with Crippen LogP contribution in [0.3, 0.4) is 0 Å². The van der Waals surface area contributed by atoms with Crippen LogP contribution in [0.15, 0.2) is 18.5 Å². The van der Waals surface area contributed by atoms with Crippen LogP contribution in [0.2, 0.25) is 0 Å². The van der Waals surface area contributed by atoms with Gasteiger partial charge in [-0.15, -0.1) is 5.10 Å². The van der Waals surface area contributed by atoms with E-state index < -0.39 is 0 Å². The maximum Gasteiger partial charge on any atom is 0.335 e. The van der Waals surface area contributed by atoms with Crippen molar-refractivity contribution in [2.45, 2.75) is 27.2 Å². The maximum absolute atomic E-state index is 11.2. The van der Waals surface area contributed by atoms with E-state index in [1.807, 2.05) is 20.8 Å². The summed E-state index contributed by atoms with van der Waals surface area (Å²) in [5, 5.41) is 3.76. The van der Waals surface area contributed by atoms with Gasteiger partial charge in [-0.3, -0.25) is 0 Å². The highest BCUT2D eigenvalue weighted by Crippen LogP contribution is 2.17. The van der Waals surface area contributed by atoms with Gasteiger partial charge in [0.2, 0.25) is 0 Å². The zero-order valence-electron chi connectivity index (χ0n) is 8.15. The average molecular weight is 182 g/mol. The molecule has 0 aliphatic carbocycles. The molecule has 0 bridgehead atoms. The lowest BCUT2D eigenvalue weighted by Gasteiger charge is -2.15. The summed E-state index contributed by atoms with van der Waals surface area (Å²) in [6.07, 6.45) is 3.53. The van der Waals surface area contributed by atoms with Gasteiger partial charge >= 0.3 is 5.97 Å². The average Bonchev–Trinajstić information content (AvgIpc) is 2.34. The molecule has 1 aromatic heterocycles. The van der Waals surface area contributed by atoms with Crippen LogP contribution in [0.25, 0.3) is 0 Å². The summed E-state index contributed by atoms with van der Waals surface area (Å²) < 4.78 is 0. The van der Waals surface area contributed by atoms with Crippen molar-refractivity contribution in [3.63, 3.8) is 0 Å². The molecule has 0 aromatic carbocycles. The first kappa shape index (κ1) is 9.77. The summed E-state index contributed by atoms with van der Waals surface area (Å²) in [4.78, 5) is 17.3. The Labute approximate surface area is 77.5 Å². The standard InChI is InChI=1S/C9H14N2O2/c1-9(2,3)7-8(12)13-11-6-4-5-10-11/h4-6H,7H2,1-3H3. The van der Waals surface area contributed by atoms with Crippen molar-refractivity contribution >= 4 is 5.97 Å². The second kappa shape index (κ2) is 3.60. The molecule has 13 heavy (non-hydrogen) atoms. The van der Waals surface area contributed by atoms with Gasteiger partial charge in [-0.2, -0.15) is 0 Å². The minimum Gasteiger partial charge on any atom is -0.319 e. The van der Waals surface area contributed by atoms with Crippen LogP contribution in [-0.4, -0.2) is 15.9 Å². The Morgan fingerprint density at radius 1 is 1.54 bits per heavy atom. The third-order valence-corrected chi connectivity index (χ3v) is 1.35. The van der Waals surface area contributed by atoms with E-state index in [2.05, 4.69) is 5.10 Å². The molecule has 0 saturated carbocycles. The molecule has 0 fully saturated rings. The molecular weight excluding hydrogens is 168 g/mol. The fraction of sp³-hybridized carbons (Fsp3) is 0.556. The van der Waals surface area contributed by atoms with Gasteiger partial charge in [0, 0.05) is 0 Å². The van der Waals surface area contributed by atoms with Crippen molar-refractivity contribution in [1.29, 1.82) is 0 Å². The SMILES string of the molecule is CC(C)(C)CC(=O)On1cccn1. The number of rotatable bonds is 2. The number of hydrogen-bond donors (Lipinski definition) is 0. The molecule has 1 aromatic rings. The molecule has 0 saturated heterocycles. The second-order valence-corrected chi connectivity index (χ2v) is 4.11. The first-order chi connectivity index (χ1) is 5.97. The maximum atomic E-state index is 11.2. The minimum absolute atomic E-state index is 0.0514. The van der Waals surface area contributed by atoms with E-state index in [0.29, 0.717) is 6.42 Å². The van der Waals surface area contributed by atoms with E-state index in [1.54, 1.807) is 18.5 Å². The molecule has 0 N–H and O–H groups in total. The largest absolute Gasteiger partial charge is 0.335 e. The number of aromatic nitrogens is 2. The van der Waals surface area contributed by atoms with E-state index in [0.717, 1.165) is 4.85 Å². The molecule has 0 aliphatic rings. The molecule has 1 heterocycles. The van der Waals surface area contributed by atoms with E-state index in [1.165, 1.54) is 0 Å². The molecule has 0 radical (unpaired) electrons. The second-order valence-electron chi connectivity index (χ2n) is 4.11. The monoisotopic (exact) mass is 182 g/mol. The third kappa shape index (κ3) is 3.73. The van der Waals surface area contributed by atoms with E-state index >= 15 is 0 Å². The van der Waals surface area contributed by atoms with Crippen molar-refractivity contribution in [2.75, 3.05) is 0 Å². The Bertz CT molecular complexity index is 272. The Hall–Kier alpha value is -1.32. The molecule has 72 valence electrons. The topological polar surface area (TPSA) is 44.1 Å². The third-order valence-electron chi connectivity index (χ3n) is 1.35. The van der Waals surface area contributed by atoms with E-state index in [9.17, 15) is 4.79 Å². The molecule has 0 atom stereocenters. The Morgan fingerprint density at radius 2 is 2.23 bits per heavy atom. The van der Waals surface area contributed by atoms with Crippen LogP contribution in [0.1, 0.15) is 27.2 Å². The first-order valence-corrected chi connectivity index (χ1v) is 4.18. The Morgan fingerprint density at radius 3 is 2.69 bits per heavy atom. The normalized spacial score (nSPS) is 11.3. The molecule has 0 spiro atoms. The van der Waals surface area contributed by atoms with Crippen LogP contribution >= 0.6 is 0 Å². The summed E-state index contributed by atoms with van der Waals surface area (Å²) in [5.41, 5.74) is -0.0514. The zero-order chi connectivity index (χ0) is 9.90. The van der Waals surface area contributed by atoms with Crippen molar-refractivity contribution in [3.8, 4) is 0 Å². The quantitative estimate of drug-likeness (QED) is 0.692. The lowest BCUT2D eigenvalue weighted by molar-refractivity contribution is -0.147. The van der Waals surface area contributed by atoms with Gasteiger partial charge in [-0.1, -0.05) is 25.6 Å². The summed E-state index contributed by atoms with van der Waals surface area (Å²) >= 11 is 0. The highest BCUT2D eigenvalue weighted by Gasteiger charge is 2.17. The Kier molecular flexibility index (Phi) is 2.70. The lowest BCUT2D eigenvalue weighted by Crippen LogP contribution is -2.24. The highest BCUT2D eigenvalue weighted by molar-refractivity contribution is 5.70. The lowest BCUT2D eigenvalue weighted by atomic mass is 9.93. The summed E-state index contributed by atoms with van der Waals surface area (Å²) in [6, 6.07) is 1.70. The smallest absolute Gasteiger partial charge is 0.319 e. The van der Waals surface area contributed by atoms with Crippen LogP contribution in [0.4, 0.5) is 0 Å². The molecule has 0 unspecified atom stereocenters. The van der Waals surface area contributed by atoms with Gasteiger partial charge < -0.3 is 4.84 Å². The van der Waals surface area contributed by atoms with E-state index in [-0.39, 0.29) is 11.4 Å². The predicted octanol–water partition coefficient (Wildman–Crippen LogP) is 1.27. The van der Waals surface area contributed by atoms with Crippen molar-refractivity contribution < 1.29 is 9.63 Å². The van der Waals surface area contributed by atoms with Gasteiger partial charge in [0.25, 0.3) is 0 Å². The van der Waals surface area contributed by atoms with Gasteiger partial charge in [0.15, 0.2) is 0 Å². The van der Waals surface area contributed by atoms with Crippen molar-refractivity contribution in [2.24, 2.45) is 5.41 Å². The number of hydrogen-bond acceptors (Lipinski definition) is 3. The molecule has 0 aliphatic heterocycles. The highest BCUT2D eigenvalue weighted by atomic mass is 16.7. The molecule has 4 heteroatoms. The molecule has 4 nitrogen and oxygen atoms in total. The van der Waals surface area contributed by atoms with Gasteiger partial charge in [0.1, 0.15) is 0 Å². The van der Waals surface area contributed by atoms with Gasteiger partial charge in [0.05, 0.1) is 18.8 Å². The summed E-state index contributed by atoms with van der Waals surface area (Å²) in [7, 11) is 0. The fourth-order valence-electron chi connectivity index (χ4n) is 0.878. The van der Waals surface area contributed by atoms with Crippen molar-refractivity contribution in [1.82, 2.24) is 9.94 Å².